The molecule has 0 radical (unpaired) electrons. The van der Waals surface area contributed by atoms with Crippen LogP contribution < -0.4 is 0 Å². The van der Waals surface area contributed by atoms with E-state index in [9.17, 15) is 0 Å². The highest BCUT2D eigenvalue weighted by Crippen LogP contribution is 2.32. The van der Waals surface area contributed by atoms with E-state index < -0.39 is 0 Å². The highest BCUT2D eigenvalue weighted by Gasteiger charge is 2.15. The first kappa shape index (κ1) is 11.0. The summed E-state index contributed by atoms with van der Waals surface area (Å²) in [6.45, 7) is 6.15. The molecule has 2 aromatic rings. The molecular weight excluding hydrogens is 222 g/mol. The minimum Gasteiger partial charge on any atom is -0.456 e. The van der Waals surface area contributed by atoms with E-state index in [1.807, 2.05) is 25.3 Å². The maximum atomic E-state index is 5.92. The van der Waals surface area contributed by atoms with Gasteiger partial charge in [-0.25, -0.2) is 0 Å². The molecule has 0 saturated carbocycles. The molecule has 1 aliphatic heterocycles. The van der Waals surface area contributed by atoms with Crippen LogP contribution >= 0.6 is 0 Å². The van der Waals surface area contributed by atoms with E-state index in [0.717, 1.165) is 28.0 Å². The van der Waals surface area contributed by atoms with E-state index in [0.29, 0.717) is 0 Å². The first-order valence-corrected chi connectivity index (χ1v) is 6.08. The predicted octanol–water partition coefficient (Wildman–Crippen LogP) is 4.65. The molecule has 0 bridgehead atoms. The molecule has 0 fully saturated rings. The standard InChI is InChI=1S/C16H15NO/c1-10(2)7-15-13-9-17-11(3)8-12-5-4-6-14(18-15)16(12)13/h4-9H,1-3H3. The molecule has 3 rings (SSSR count). The Morgan fingerprint density at radius 1 is 1.28 bits per heavy atom. The third-order valence-electron chi connectivity index (χ3n) is 2.99. The molecule has 0 atom stereocenters. The van der Waals surface area contributed by atoms with Gasteiger partial charge in [-0.2, -0.15) is 0 Å². The molecule has 0 spiro atoms. The van der Waals surface area contributed by atoms with Gasteiger partial charge >= 0.3 is 0 Å². The van der Waals surface area contributed by atoms with Gasteiger partial charge in [-0.15, -0.1) is 0 Å². The molecule has 0 aliphatic carbocycles. The molecule has 1 aromatic heterocycles. The molecule has 2 heteroatoms. The summed E-state index contributed by atoms with van der Waals surface area (Å²) in [7, 11) is 0. The number of nitrogens with zero attached hydrogens (tertiary/aromatic N) is 1. The molecule has 0 N–H and O–H groups in total. The SMILES string of the molecule is CC(C)=Cc1oc2cccc3c2c1C=NC(C)=C3. The highest BCUT2D eigenvalue weighted by atomic mass is 16.3. The van der Waals surface area contributed by atoms with E-state index in [2.05, 4.69) is 37.1 Å². The number of aliphatic imine (C=N–C) groups is 1. The van der Waals surface area contributed by atoms with E-state index in [-0.39, 0.29) is 0 Å². The molecule has 0 unspecified atom stereocenters. The van der Waals surface area contributed by atoms with Gasteiger partial charge < -0.3 is 4.42 Å². The summed E-state index contributed by atoms with van der Waals surface area (Å²) in [6, 6.07) is 6.13. The van der Waals surface area contributed by atoms with Gasteiger partial charge in [-0.3, -0.25) is 4.99 Å². The van der Waals surface area contributed by atoms with Crippen LogP contribution in [0.2, 0.25) is 0 Å². The van der Waals surface area contributed by atoms with Crippen LogP contribution in [0.25, 0.3) is 23.1 Å². The number of furan rings is 1. The first-order valence-electron chi connectivity index (χ1n) is 6.08. The van der Waals surface area contributed by atoms with Crippen molar-refractivity contribution in [3.8, 4) is 0 Å². The second-order valence-corrected chi connectivity index (χ2v) is 4.87. The van der Waals surface area contributed by atoms with Gasteiger partial charge in [0, 0.05) is 22.9 Å². The van der Waals surface area contributed by atoms with E-state index in [1.165, 1.54) is 11.1 Å². The second kappa shape index (κ2) is 3.98. The van der Waals surface area contributed by atoms with Gasteiger partial charge in [0.1, 0.15) is 11.3 Å². The fraction of sp³-hybridized carbons (Fsp3) is 0.188. The topological polar surface area (TPSA) is 25.5 Å². The van der Waals surface area contributed by atoms with E-state index in [4.69, 9.17) is 4.42 Å². The van der Waals surface area contributed by atoms with Crippen molar-refractivity contribution < 1.29 is 4.42 Å². The molecule has 18 heavy (non-hydrogen) atoms. The van der Waals surface area contributed by atoms with E-state index in [1.54, 1.807) is 0 Å². The van der Waals surface area contributed by atoms with Gasteiger partial charge in [0.05, 0.1) is 0 Å². The summed E-state index contributed by atoms with van der Waals surface area (Å²) in [6.07, 6.45) is 6.06. The van der Waals surface area contributed by atoms with Crippen LogP contribution in [0, 0.1) is 0 Å². The zero-order chi connectivity index (χ0) is 12.7. The Balaban J connectivity index is 2.40. The fourth-order valence-electron chi connectivity index (χ4n) is 2.26. The van der Waals surface area contributed by atoms with Gasteiger partial charge in [-0.1, -0.05) is 17.7 Å². The Morgan fingerprint density at radius 2 is 2.11 bits per heavy atom. The largest absolute Gasteiger partial charge is 0.456 e. The van der Waals surface area contributed by atoms with Crippen LogP contribution in [0.4, 0.5) is 0 Å². The fourth-order valence-corrected chi connectivity index (χ4v) is 2.26. The summed E-state index contributed by atoms with van der Waals surface area (Å²) in [5.74, 6) is 0.893. The summed E-state index contributed by atoms with van der Waals surface area (Å²) in [5.41, 5.74) is 5.41. The van der Waals surface area contributed by atoms with Crippen LogP contribution in [0.3, 0.4) is 0 Å². The molecule has 2 nitrogen and oxygen atoms in total. The Labute approximate surface area is 106 Å². The summed E-state index contributed by atoms with van der Waals surface area (Å²) in [5, 5.41) is 1.16. The lowest BCUT2D eigenvalue weighted by molar-refractivity contribution is 0.603. The Hall–Kier alpha value is -2.09. The second-order valence-electron chi connectivity index (χ2n) is 4.87. The number of benzene rings is 1. The lowest BCUT2D eigenvalue weighted by Gasteiger charge is -1.95. The summed E-state index contributed by atoms with van der Waals surface area (Å²) >= 11 is 0. The molecular formula is C16H15NO. The smallest absolute Gasteiger partial charge is 0.136 e. The van der Waals surface area contributed by atoms with Crippen molar-refractivity contribution in [2.24, 2.45) is 4.99 Å². The lowest BCUT2D eigenvalue weighted by Crippen LogP contribution is -1.82. The average molecular weight is 237 g/mol. The number of hydrogen-bond donors (Lipinski definition) is 0. The van der Waals surface area contributed by atoms with Crippen molar-refractivity contribution >= 4 is 29.3 Å². The maximum absolute atomic E-state index is 5.92. The third kappa shape index (κ3) is 1.70. The zero-order valence-electron chi connectivity index (χ0n) is 10.8. The first-order chi connectivity index (χ1) is 8.65. The lowest BCUT2D eigenvalue weighted by atomic mass is 10.0. The average Bonchev–Trinajstić information content (AvgIpc) is 2.53. The quantitative estimate of drug-likeness (QED) is 0.708. The van der Waals surface area contributed by atoms with Gasteiger partial charge in [-0.05, 0) is 44.6 Å². The van der Waals surface area contributed by atoms with Crippen LogP contribution in [0.5, 0.6) is 0 Å². The monoisotopic (exact) mass is 237 g/mol. The van der Waals surface area contributed by atoms with Crippen molar-refractivity contribution in [2.45, 2.75) is 20.8 Å². The Bertz CT molecular complexity index is 710. The van der Waals surface area contributed by atoms with Gasteiger partial charge in [0.2, 0.25) is 0 Å². The molecule has 90 valence electrons. The van der Waals surface area contributed by atoms with Crippen molar-refractivity contribution in [1.82, 2.24) is 0 Å². The minimum atomic E-state index is 0.893. The molecule has 1 aliphatic rings. The molecule has 0 amide bonds. The number of hydrogen-bond acceptors (Lipinski definition) is 2. The zero-order valence-corrected chi connectivity index (χ0v) is 10.8. The third-order valence-corrected chi connectivity index (χ3v) is 2.99. The molecule has 2 heterocycles. The normalized spacial score (nSPS) is 13.4. The minimum absolute atomic E-state index is 0.893. The van der Waals surface area contributed by atoms with Crippen LogP contribution in [0.1, 0.15) is 37.7 Å². The highest BCUT2D eigenvalue weighted by molar-refractivity contribution is 6.06. The van der Waals surface area contributed by atoms with Crippen LogP contribution in [-0.2, 0) is 0 Å². The number of allylic oxidation sites excluding steroid dienone is 2. The number of rotatable bonds is 1. The van der Waals surface area contributed by atoms with E-state index >= 15 is 0 Å². The summed E-state index contributed by atoms with van der Waals surface area (Å²) in [4.78, 5) is 4.45. The van der Waals surface area contributed by atoms with Gasteiger partial charge in [0.15, 0.2) is 0 Å². The Kier molecular flexibility index (Phi) is 2.44. The molecule has 0 saturated heterocycles. The Morgan fingerprint density at radius 3 is 2.89 bits per heavy atom. The van der Waals surface area contributed by atoms with Crippen molar-refractivity contribution in [3.05, 3.63) is 46.4 Å². The maximum Gasteiger partial charge on any atom is 0.136 e. The van der Waals surface area contributed by atoms with Crippen LogP contribution in [0.15, 0.2) is 38.9 Å². The summed E-state index contributed by atoms with van der Waals surface area (Å²) < 4.78 is 5.92. The molecule has 1 aromatic carbocycles. The predicted molar refractivity (Wildman–Crippen MR) is 76.8 cm³/mol. The van der Waals surface area contributed by atoms with Crippen LogP contribution in [-0.4, -0.2) is 6.21 Å². The van der Waals surface area contributed by atoms with Crippen molar-refractivity contribution in [2.75, 3.05) is 0 Å². The van der Waals surface area contributed by atoms with Gasteiger partial charge in [0.25, 0.3) is 0 Å². The van der Waals surface area contributed by atoms with Crippen molar-refractivity contribution in [3.63, 3.8) is 0 Å². The van der Waals surface area contributed by atoms with Crippen molar-refractivity contribution in [1.29, 1.82) is 0 Å².